The van der Waals surface area contributed by atoms with Crippen molar-refractivity contribution < 1.29 is 9.53 Å². The zero-order valence-corrected chi connectivity index (χ0v) is 13.9. The molecule has 0 saturated carbocycles. The Morgan fingerprint density at radius 3 is 1.96 bits per heavy atom. The molecular weight excluding hydrogens is 284 g/mol. The molecule has 0 amide bonds. The minimum Gasteiger partial charge on any atom is -0.463 e. The molecule has 0 aliphatic carbocycles. The standard InChI is InChI=1S/C21H26O2/c1-18(22)23-21(17-16-20-12-6-3-7-13-20)15-9-8-14-19-10-4-2-5-11-19/h2-7,10-13,21H,8-9,14-17H2,1H3/t21-/m0/s1. The monoisotopic (exact) mass is 310 g/mol. The second-order valence-corrected chi connectivity index (χ2v) is 5.99. The van der Waals surface area contributed by atoms with Gasteiger partial charge in [-0.1, -0.05) is 60.7 Å². The second-order valence-electron chi connectivity index (χ2n) is 5.99. The average molecular weight is 310 g/mol. The lowest BCUT2D eigenvalue weighted by Crippen LogP contribution is -2.17. The highest BCUT2D eigenvalue weighted by Crippen LogP contribution is 2.15. The van der Waals surface area contributed by atoms with Gasteiger partial charge in [0.2, 0.25) is 0 Å². The van der Waals surface area contributed by atoms with Gasteiger partial charge in [0.25, 0.3) is 0 Å². The smallest absolute Gasteiger partial charge is 0.302 e. The van der Waals surface area contributed by atoms with Gasteiger partial charge < -0.3 is 4.74 Å². The number of carbonyl (C=O) groups excluding carboxylic acids is 1. The summed E-state index contributed by atoms with van der Waals surface area (Å²) in [5.41, 5.74) is 2.68. The summed E-state index contributed by atoms with van der Waals surface area (Å²) in [5.74, 6) is -0.175. The Balaban J connectivity index is 1.73. The number of aryl methyl sites for hydroxylation is 2. The number of hydrogen-bond donors (Lipinski definition) is 0. The van der Waals surface area contributed by atoms with Crippen molar-refractivity contribution in [3.8, 4) is 0 Å². The Hall–Kier alpha value is -2.09. The van der Waals surface area contributed by atoms with Crippen LogP contribution >= 0.6 is 0 Å². The molecule has 0 heterocycles. The molecule has 0 unspecified atom stereocenters. The molecule has 122 valence electrons. The first-order chi connectivity index (χ1) is 11.2. The van der Waals surface area contributed by atoms with Crippen LogP contribution in [0.15, 0.2) is 60.7 Å². The van der Waals surface area contributed by atoms with E-state index in [-0.39, 0.29) is 12.1 Å². The normalized spacial score (nSPS) is 11.9. The minimum absolute atomic E-state index is 0.0310. The summed E-state index contributed by atoms with van der Waals surface area (Å²) in [6.45, 7) is 1.50. The van der Waals surface area contributed by atoms with Crippen LogP contribution in [0.25, 0.3) is 0 Å². The first-order valence-electron chi connectivity index (χ1n) is 8.49. The van der Waals surface area contributed by atoms with Crippen LogP contribution in [0.2, 0.25) is 0 Å². The van der Waals surface area contributed by atoms with Crippen molar-refractivity contribution in [1.82, 2.24) is 0 Å². The molecule has 2 aromatic carbocycles. The third-order valence-corrected chi connectivity index (χ3v) is 4.01. The summed E-state index contributed by atoms with van der Waals surface area (Å²) in [6, 6.07) is 20.9. The number of hydrogen-bond acceptors (Lipinski definition) is 2. The molecular formula is C21H26O2. The van der Waals surface area contributed by atoms with Gasteiger partial charge in [-0.2, -0.15) is 0 Å². The number of rotatable bonds is 9. The molecule has 0 radical (unpaired) electrons. The van der Waals surface area contributed by atoms with E-state index in [0.29, 0.717) is 0 Å². The Bertz CT molecular complexity index is 563. The van der Waals surface area contributed by atoms with Gasteiger partial charge in [-0.05, 0) is 49.7 Å². The Kier molecular flexibility index (Phi) is 7.38. The van der Waals surface area contributed by atoms with Gasteiger partial charge in [0, 0.05) is 6.92 Å². The first-order valence-corrected chi connectivity index (χ1v) is 8.49. The third kappa shape index (κ3) is 7.14. The topological polar surface area (TPSA) is 26.3 Å². The van der Waals surface area contributed by atoms with Gasteiger partial charge in [0.15, 0.2) is 0 Å². The average Bonchev–Trinajstić information content (AvgIpc) is 2.58. The van der Waals surface area contributed by atoms with Crippen LogP contribution < -0.4 is 0 Å². The Morgan fingerprint density at radius 1 is 0.826 bits per heavy atom. The van der Waals surface area contributed by atoms with Crippen molar-refractivity contribution >= 4 is 5.97 Å². The number of benzene rings is 2. The molecule has 0 fully saturated rings. The van der Waals surface area contributed by atoms with E-state index in [2.05, 4.69) is 48.5 Å². The molecule has 2 rings (SSSR count). The maximum atomic E-state index is 11.3. The zero-order chi connectivity index (χ0) is 16.3. The van der Waals surface area contributed by atoms with Crippen LogP contribution in [0, 0.1) is 0 Å². The Labute approximate surface area is 139 Å². The predicted molar refractivity (Wildman–Crippen MR) is 94.3 cm³/mol. The lowest BCUT2D eigenvalue weighted by atomic mass is 10.0. The van der Waals surface area contributed by atoms with Gasteiger partial charge in [-0.15, -0.1) is 0 Å². The minimum atomic E-state index is -0.175. The highest BCUT2D eigenvalue weighted by molar-refractivity contribution is 5.66. The summed E-state index contributed by atoms with van der Waals surface area (Å²) < 4.78 is 5.49. The van der Waals surface area contributed by atoms with E-state index in [9.17, 15) is 4.79 Å². The van der Waals surface area contributed by atoms with Gasteiger partial charge in [-0.3, -0.25) is 4.79 Å². The van der Waals surface area contributed by atoms with Crippen molar-refractivity contribution in [2.75, 3.05) is 0 Å². The fraction of sp³-hybridized carbons (Fsp3) is 0.381. The van der Waals surface area contributed by atoms with Crippen molar-refractivity contribution in [3.05, 3.63) is 71.8 Å². The largest absolute Gasteiger partial charge is 0.463 e. The zero-order valence-electron chi connectivity index (χ0n) is 13.9. The van der Waals surface area contributed by atoms with Crippen LogP contribution in [0.4, 0.5) is 0 Å². The first kappa shape index (κ1) is 17.3. The molecule has 0 aromatic heterocycles. The number of carbonyl (C=O) groups is 1. The van der Waals surface area contributed by atoms with E-state index in [1.165, 1.54) is 18.1 Å². The summed E-state index contributed by atoms with van der Waals surface area (Å²) in [5, 5.41) is 0. The lowest BCUT2D eigenvalue weighted by molar-refractivity contribution is -0.147. The second kappa shape index (κ2) is 9.83. The van der Waals surface area contributed by atoms with E-state index < -0.39 is 0 Å². The SMILES string of the molecule is CC(=O)O[C@@H](CCCCc1ccccc1)CCc1ccccc1. The van der Waals surface area contributed by atoms with Crippen molar-refractivity contribution in [2.45, 2.75) is 51.6 Å². The van der Waals surface area contributed by atoms with Gasteiger partial charge in [-0.25, -0.2) is 0 Å². The predicted octanol–water partition coefficient (Wildman–Crippen LogP) is 4.96. The van der Waals surface area contributed by atoms with Crippen LogP contribution in [-0.2, 0) is 22.4 Å². The van der Waals surface area contributed by atoms with E-state index in [1.807, 2.05) is 12.1 Å². The Morgan fingerprint density at radius 2 is 1.39 bits per heavy atom. The van der Waals surface area contributed by atoms with E-state index in [1.54, 1.807) is 0 Å². The van der Waals surface area contributed by atoms with Crippen molar-refractivity contribution in [1.29, 1.82) is 0 Å². The molecule has 0 spiro atoms. The number of esters is 1. The highest BCUT2D eigenvalue weighted by Gasteiger charge is 2.12. The fourth-order valence-electron chi connectivity index (χ4n) is 2.82. The molecule has 2 nitrogen and oxygen atoms in total. The molecule has 0 aliphatic rings. The molecule has 0 aliphatic heterocycles. The summed E-state index contributed by atoms with van der Waals surface area (Å²) in [6.07, 6.45) is 6.13. The molecule has 2 aromatic rings. The third-order valence-electron chi connectivity index (χ3n) is 4.01. The summed E-state index contributed by atoms with van der Waals surface area (Å²) in [7, 11) is 0. The maximum absolute atomic E-state index is 11.3. The van der Waals surface area contributed by atoms with E-state index >= 15 is 0 Å². The fourth-order valence-corrected chi connectivity index (χ4v) is 2.82. The molecule has 1 atom stereocenters. The van der Waals surface area contributed by atoms with Gasteiger partial charge in [0.1, 0.15) is 6.10 Å². The van der Waals surface area contributed by atoms with E-state index in [0.717, 1.165) is 38.5 Å². The number of ether oxygens (including phenoxy) is 1. The van der Waals surface area contributed by atoms with Crippen molar-refractivity contribution in [3.63, 3.8) is 0 Å². The maximum Gasteiger partial charge on any atom is 0.302 e. The van der Waals surface area contributed by atoms with Crippen LogP contribution in [0.1, 0.15) is 43.7 Å². The van der Waals surface area contributed by atoms with Crippen LogP contribution in [0.5, 0.6) is 0 Å². The van der Waals surface area contributed by atoms with Crippen LogP contribution in [-0.4, -0.2) is 12.1 Å². The molecule has 2 heteroatoms. The van der Waals surface area contributed by atoms with E-state index in [4.69, 9.17) is 4.74 Å². The molecule has 0 N–H and O–H groups in total. The molecule has 23 heavy (non-hydrogen) atoms. The molecule has 0 bridgehead atoms. The lowest BCUT2D eigenvalue weighted by Gasteiger charge is -2.17. The van der Waals surface area contributed by atoms with Gasteiger partial charge in [0.05, 0.1) is 0 Å². The quantitative estimate of drug-likeness (QED) is 0.483. The highest BCUT2D eigenvalue weighted by atomic mass is 16.5. The van der Waals surface area contributed by atoms with Crippen molar-refractivity contribution in [2.24, 2.45) is 0 Å². The van der Waals surface area contributed by atoms with Gasteiger partial charge >= 0.3 is 5.97 Å². The summed E-state index contributed by atoms with van der Waals surface area (Å²) >= 11 is 0. The molecule has 0 saturated heterocycles. The van der Waals surface area contributed by atoms with Crippen LogP contribution in [0.3, 0.4) is 0 Å². The summed E-state index contributed by atoms with van der Waals surface area (Å²) in [4.78, 5) is 11.3. The number of unbranched alkanes of at least 4 members (excludes halogenated alkanes) is 1.